The fraction of sp³-hybridized carbons (Fsp3) is 0.540. The highest BCUT2D eigenvalue weighted by Crippen LogP contribution is 2.40. The molecule has 0 saturated carbocycles. The van der Waals surface area contributed by atoms with Gasteiger partial charge in [-0.05, 0) is 152 Å². The second-order valence-electron chi connectivity index (χ2n) is 25.7. The van der Waals surface area contributed by atoms with Crippen molar-refractivity contribution in [1.29, 1.82) is 0 Å². The molecule has 24 nitrogen and oxygen atoms in total. The summed E-state index contributed by atoms with van der Waals surface area (Å²) in [6.07, 6.45) is 14.0. The number of carbonyl (C=O) groups is 4. The van der Waals surface area contributed by atoms with Crippen LogP contribution in [-0.4, -0.2) is 210 Å². The molecule has 0 spiro atoms. The van der Waals surface area contributed by atoms with Crippen molar-refractivity contribution in [2.75, 3.05) is 100 Å². The van der Waals surface area contributed by atoms with E-state index in [0.29, 0.717) is 115 Å². The number of carbonyl (C=O) groups excluding carboxylic acids is 4. The number of ether oxygens (including phenoxy) is 1. The Balaban J connectivity index is 1.05. The molecule has 4 aromatic rings. The summed E-state index contributed by atoms with van der Waals surface area (Å²) in [6, 6.07) is 12.9. The lowest BCUT2D eigenvalue weighted by atomic mass is 9.88. The van der Waals surface area contributed by atoms with Crippen LogP contribution in [0.15, 0.2) is 71.9 Å². The minimum Gasteiger partial charge on any atom is -0.494 e. The van der Waals surface area contributed by atoms with Gasteiger partial charge in [-0.15, -0.1) is 9.06 Å². The number of quaternary nitrogens is 2. The minimum atomic E-state index is -4.56. The maximum Gasteiger partial charge on any atom is 0.737 e. The lowest BCUT2D eigenvalue weighted by molar-refractivity contribution is -0.870. The van der Waals surface area contributed by atoms with Crippen molar-refractivity contribution < 1.29 is 88.6 Å². The van der Waals surface area contributed by atoms with Gasteiger partial charge in [0.1, 0.15) is 23.5 Å². The number of likely N-dealkylation sites (N-methyl/N-ethyl adjacent to an activating group) is 1. The second-order valence-corrected chi connectivity index (χ2v) is 28.0. The quantitative estimate of drug-likeness (QED) is 0.00409. The van der Waals surface area contributed by atoms with Crippen molar-refractivity contribution in [2.45, 2.75) is 122 Å². The van der Waals surface area contributed by atoms with Gasteiger partial charge in [-0.2, -0.15) is 8.42 Å². The Bertz CT molecular complexity index is 3330. The average molecular weight is 1330 g/mol. The van der Waals surface area contributed by atoms with E-state index >= 15 is 8.63 Å². The van der Waals surface area contributed by atoms with Gasteiger partial charge in [0.15, 0.2) is 11.4 Å². The molecule has 3 amide bonds. The first-order valence-electron chi connectivity index (χ1n) is 31.5. The van der Waals surface area contributed by atoms with Gasteiger partial charge in [-0.25, -0.2) is 10.1 Å². The average Bonchev–Trinajstić information content (AvgIpc) is 1.52. The number of hydrogen-bond donors (Lipinski definition) is 8. The van der Waals surface area contributed by atoms with Crippen LogP contribution in [0.5, 0.6) is 17.5 Å². The molecule has 8 N–H and O–H groups in total. The van der Waals surface area contributed by atoms with E-state index in [1.165, 1.54) is 12.1 Å². The molecule has 3 aromatic heterocycles. The number of unbranched alkanes of at least 4 members (excludes halogenated alkanes) is 4. The third-order valence-electron chi connectivity index (χ3n) is 15.7. The van der Waals surface area contributed by atoms with Gasteiger partial charge in [0.05, 0.1) is 67.7 Å². The van der Waals surface area contributed by atoms with Crippen molar-refractivity contribution in [3.63, 3.8) is 0 Å². The molecule has 508 valence electrons. The van der Waals surface area contributed by atoms with Crippen LogP contribution in [-0.2, 0) is 45.1 Å². The molecule has 2 aliphatic rings. The summed E-state index contributed by atoms with van der Waals surface area (Å²) in [5, 5.41) is 40.6. The first kappa shape index (κ1) is 74.2. The van der Waals surface area contributed by atoms with Gasteiger partial charge >= 0.3 is 12.9 Å². The van der Waals surface area contributed by atoms with Gasteiger partial charge < -0.3 is 72.2 Å². The van der Waals surface area contributed by atoms with Crippen molar-refractivity contribution in [1.82, 2.24) is 35.0 Å². The first-order chi connectivity index (χ1) is 43.5. The van der Waals surface area contributed by atoms with Crippen LogP contribution in [0, 0.1) is 6.92 Å². The predicted octanol–water partition coefficient (Wildman–Crippen LogP) is 7.34. The summed E-state index contributed by atoms with van der Waals surface area (Å²) in [6.45, 7) is 0.751. The molecule has 2 aliphatic heterocycles. The number of fused-ring (bicyclic) bond motifs is 2. The Morgan fingerprint density at radius 2 is 1.47 bits per heavy atom. The van der Waals surface area contributed by atoms with E-state index in [1.807, 2.05) is 14.0 Å². The molecule has 2 unspecified atom stereocenters. The number of nitrogens with one attached hydrogen (secondary N) is 4. The van der Waals surface area contributed by atoms with E-state index in [2.05, 4.69) is 77.5 Å². The molecular weight excluding hydrogens is 1230 g/mol. The monoisotopic (exact) mass is 1330 g/mol. The normalized spacial score (nSPS) is 14.7. The van der Waals surface area contributed by atoms with Crippen LogP contribution in [0.4, 0.5) is 8.63 Å². The number of halogens is 2. The van der Waals surface area contributed by atoms with Gasteiger partial charge in [0.25, 0.3) is 10.1 Å². The zero-order valence-corrected chi connectivity index (χ0v) is 56.0. The van der Waals surface area contributed by atoms with Crippen LogP contribution < -0.4 is 25.5 Å². The van der Waals surface area contributed by atoms with Crippen LogP contribution >= 0.6 is 12.0 Å². The van der Waals surface area contributed by atoms with Gasteiger partial charge in [-0.3, -0.25) is 18.9 Å². The summed E-state index contributed by atoms with van der Waals surface area (Å²) in [4.78, 5) is 64.1. The van der Waals surface area contributed by atoms with E-state index in [4.69, 9.17) is 14.8 Å². The van der Waals surface area contributed by atoms with Crippen LogP contribution in [0.3, 0.4) is 0 Å². The molecule has 2 atom stereocenters. The maximum absolute atomic E-state index is 17.5. The number of hydrogen-bond acceptors (Lipinski definition) is 15. The molecule has 92 heavy (non-hydrogen) atoms. The minimum absolute atomic E-state index is 0.00579. The lowest BCUT2D eigenvalue weighted by Gasteiger charge is -2.31. The molecule has 1 aromatic carbocycles. The Labute approximate surface area is 543 Å². The third-order valence-corrected chi connectivity index (χ3v) is 17.1. The zero-order chi connectivity index (χ0) is 67.2. The summed E-state index contributed by atoms with van der Waals surface area (Å²) >= 11 is 0.872. The molecule has 0 saturated heterocycles. The number of aromatic nitrogens is 3. The Hall–Kier alpha value is -6.83. The number of allylic oxidation sites excluding steroid dienone is 2. The first-order valence-corrected chi connectivity index (χ1v) is 34.0. The van der Waals surface area contributed by atoms with Crippen molar-refractivity contribution in [2.24, 2.45) is 0 Å². The van der Waals surface area contributed by atoms with E-state index in [9.17, 15) is 42.4 Å². The maximum atomic E-state index is 17.5. The largest absolute Gasteiger partial charge is 0.737 e. The Morgan fingerprint density at radius 3 is 2.10 bits per heavy atom. The lowest BCUT2D eigenvalue weighted by Crippen LogP contribution is -2.54. The highest BCUT2D eigenvalue weighted by molar-refractivity contribution is 7.94. The van der Waals surface area contributed by atoms with E-state index in [1.54, 1.807) is 66.8 Å². The second kappa shape index (κ2) is 34.9. The molecule has 5 heterocycles. The van der Waals surface area contributed by atoms with Crippen LogP contribution in [0.2, 0.25) is 0 Å². The predicted molar refractivity (Wildman–Crippen MR) is 351 cm³/mol. The number of aryl methyl sites for hydroxylation is 2. The number of amides is 3. The number of rotatable bonds is 42. The number of H-pyrrole nitrogens is 1. The molecule has 6 rings (SSSR count). The molecule has 29 heteroatoms. The molecular formula is C63H95BF2N10O14S2+2. The summed E-state index contributed by atoms with van der Waals surface area (Å²) in [5.74, 6) is -2.09. The molecule has 0 radical (unpaired) electrons. The molecule has 0 bridgehead atoms. The highest BCUT2D eigenvalue weighted by Gasteiger charge is 2.54. The smallest absolute Gasteiger partial charge is 0.494 e. The standard InChI is InChI=1S/C63H93BF2N10O14S2/c1-46-25-32-52(68-46)57-44-49(19-17-41-91-90-89-83)56-45-55-48(20-18-42-92(84,85)86)43-50(72(55)64(65,66)73(56)57)29-26-47-27-30-51(31-28-47)87-40-16-23-58(77)69-54(22-12-15-39-76(6,7)8)63(82)70-53(21-11-14-38-75(3,4)5)62(81)67-35-37-71(2)36-13-9-10-24-61(80)88-74-59(78)33-34-60(74)79/h25-34,43-45,53-54,68H,9-24,35-42H2,1-8H3,(H5-2,67,69,70,77,78,79,81,82,83,84,85,86)/p+2. The highest BCUT2D eigenvalue weighted by atomic mass is 32.2. The van der Waals surface area contributed by atoms with Crippen LogP contribution in [0.1, 0.15) is 130 Å². The fourth-order valence-corrected chi connectivity index (χ4v) is 11.9. The number of benzene rings is 1. The Kier molecular flexibility index (Phi) is 28.2. The SMILES string of the molecule is Cc1ccc(C2=[N+]3C(=Cc4c(CCCS(=O)(=O)O)cc(C=Cc5ccc(OCCCC(=O)NC(CCCC[N+](C)(C)C)C(=O)NC(CCCC[N+](C)(C)C)C(=O)NCCN(C)CCCCCC(=O)On6c(O)ccc6O)cc5)n4[B-]3(F)F)C(CCCSOOO)=C2)[nH]1. The van der Waals surface area contributed by atoms with Gasteiger partial charge in [0.2, 0.25) is 29.5 Å². The van der Waals surface area contributed by atoms with E-state index in [-0.39, 0.29) is 73.0 Å². The zero-order valence-electron chi connectivity index (χ0n) is 54.3. The number of aromatic hydroxyl groups is 2. The van der Waals surface area contributed by atoms with Crippen molar-refractivity contribution in [3.05, 3.63) is 106 Å². The van der Waals surface area contributed by atoms with Crippen molar-refractivity contribution in [3.8, 4) is 17.5 Å². The summed E-state index contributed by atoms with van der Waals surface area (Å²) in [7, 11) is 10.2. The number of nitrogens with zero attached hydrogens (tertiary/aromatic N) is 6. The van der Waals surface area contributed by atoms with E-state index < -0.39 is 46.8 Å². The molecule has 0 fully saturated rings. The van der Waals surface area contributed by atoms with Gasteiger partial charge in [-0.1, -0.05) is 29.7 Å². The topological polar surface area (TPSA) is 288 Å². The van der Waals surface area contributed by atoms with Gasteiger partial charge in [0, 0.05) is 90.7 Å². The summed E-state index contributed by atoms with van der Waals surface area (Å²) < 4.78 is 82.8. The number of aromatic amines is 1. The third kappa shape index (κ3) is 23.9. The molecule has 0 aliphatic carbocycles. The Morgan fingerprint density at radius 1 is 0.793 bits per heavy atom. The van der Waals surface area contributed by atoms with E-state index in [0.717, 1.165) is 74.4 Å². The van der Waals surface area contributed by atoms with Crippen molar-refractivity contribution >= 4 is 76.8 Å². The fourth-order valence-electron chi connectivity index (χ4n) is 11.0. The summed E-state index contributed by atoms with van der Waals surface area (Å²) in [5.41, 5.74) is 4.05. The van der Waals surface area contributed by atoms with Crippen LogP contribution in [0.25, 0.3) is 18.2 Å².